The maximum Gasteiger partial charge on any atom is 0.139 e. The minimum atomic E-state index is -0.586. The van der Waals surface area contributed by atoms with Crippen molar-refractivity contribution in [3.8, 4) is 22.5 Å². The zero-order chi connectivity index (χ0) is 24.1. The lowest BCUT2D eigenvalue weighted by atomic mass is 9.99. The molecular formula is C27H28F2N6. The first kappa shape index (κ1) is 22.1. The number of hydrogen-bond acceptors (Lipinski definition) is 5. The summed E-state index contributed by atoms with van der Waals surface area (Å²) in [5.41, 5.74) is 5.09. The van der Waals surface area contributed by atoms with Crippen LogP contribution in [-0.2, 0) is 6.42 Å². The Morgan fingerprint density at radius 2 is 1.83 bits per heavy atom. The van der Waals surface area contributed by atoms with E-state index in [1.165, 1.54) is 11.8 Å². The Balaban J connectivity index is 1.36. The predicted octanol–water partition coefficient (Wildman–Crippen LogP) is 4.53. The van der Waals surface area contributed by atoms with Crippen LogP contribution in [0, 0.1) is 11.6 Å². The second-order valence-corrected chi connectivity index (χ2v) is 9.52. The van der Waals surface area contributed by atoms with Crippen LogP contribution in [0.15, 0.2) is 42.6 Å². The minimum Gasteiger partial charge on any atom is -0.369 e. The lowest BCUT2D eigenvalue weighted by Crippen LogP contribution is -2.44. The second kappa shape index (κ2) is 8.70. The molecule has 6 rings (SSSR count). The highest BCUT2D eigenvalue weighted by Crippen LogP contribution is 2.39. The Labute approximate surface area is 203 Å². The van der Waals surface area contributed by atoms with Crippen molar-refractivity contribution >= 4 is 16.6 Å². The number of hydrogen-bond donors (Lipinski definition) is 2. The zero-order valence-electron chi connectivity index (χ0n) is 19.9. The maximum absolute atomic E-state index is 15.5. The van der Waals surface area contributed by atoms with Gasteiger partial charge in [-0.3, -0.25) is 10.1 Å². The Kier molecular flexibility index (Phi) is 5.50. The van der Waals surface area contributed by atoms with Gasteiger partial charge in [0.15, 0.2) is 0 Å². The van der Waals surface area contributed by atoms with Crippen molar-refractivity contribution in [1.82, 2.24) is 25.4 Å². The average molecular weight is 475 g/mol. The largest absolute Gasteiger partial charge is 0.369 e. The molecule has 1 fully saturated rings. The van der Waals surface area contributed by atoms with E-state index in [0.717, 1.165) is 54.8 Å². The fourth-order valence-electron chi connectivity index (χ4n) is 5.39. The summed E-state index contributed by atoms with van der Waals surface area (Å²) >= 11 is 0. The molecule has 4 aromatic rings. The number of piperazine rings is 1. The molecule has 180 valence electrons. The van der Waals surface area contributed by atoms with E-state index in [1.54, 1.807) is 12.3 Å². The molecule has 1 saturated heterocycles. The van der Waals surface area contributed by atoms with E-state index >= 15 is 8.78 Å². The molecule has 1 aliphatic carbocycles. The number of H-pyrrole nitrogens is 1. The van der Waals surface area contributed by atoms with E-state index in [1.807, 2.05) is 7.05 Å². The third-order valence-corrected chi connectivity index (χ3v) is 7.47. The van der Waals surface area contributed by atoms with Gasteiger partial charge in [-0.2, -0.15) is 5.10 Å². The van der Waals surface area contributed by atoms with Crippen LogP contribution in [0.3, 0.4) is 0 Å². The molecule has 2 N–H and O–H groups in total. The standard InChI is InChI=1S/C27H28F2N6/c1-30-22-8-7-18-19(22)13-21(28)25(26(18)29)23-14-20-24(15-31-23)32-33-27(20)16-3-5-17(6-4-16)35-11-9-34(2)10-12-35/h3-6,13-15,22,30H,7-12H2,1-2H3,(H,32,33). The smallest absolute Gasteiger partial charge is 0.139 e. The summed E-state index contributed by atoms with van der Waals surface area (Å²) in [6.45, 7) is 4.10. The van der Waals surface area contributed by atoms with Gasteiger partial charge in [0, 0.05) is 48.9 Å². The molecule has 0 radical (unpaired) electrons. The normalized spacial score (nSPS) is 18.4. The van der Waals surface area contributed by atoms with Crippen LogP contribution in [0.4, 0.5) is 14.5 Å². The van der Waals surface area contributed by atoms with Crippen molar-refractivity contribution in [2.75, 3.05) is 45.2 Å². The van der Waals surface area contributed by atoms with Gasteiger partial charge in [0.25, 0.3) is 0 Å². The number of halogens is 2. The minimum absolute atomic E-state index is 0.0206. The molecule has 0 amide bonds. The number of aromatic amines is 1. The molecule has 1 unspecified atom stereocenters. The zero-order valence-corrected chi connectivity index (χ0v) is 19.9. The molecule has 6 nitrogen and oxygen atoms in total. The van der Waals surface area contributed by atoms with Gasteiger partial charge in [-0.1, -0.05) is 12.1 Å². The van der Waals surface area contributed by atoms with E-state index in [4.69, 9.17) is 0 Å². The van der Waals surface area contributed by atoms with Crippen LogP contribution >= 0.6 is 0 Å². The average Bonchev–Trinajstić information content (AvgIpc) is 3.48. The molecule has 0 spiro atoms. The molecule has 0 bridgehead atoms. The highest BCUT2D eigenvalue weighted by molar-refractivity contribution is 5.94. The molecule has 1 aliphatic heterocycles. The van der Waals surface area contributed by atoms with Crippen molar-refractivity contribution in [3.63, 3.8) is 0 Å². The summed E-state index contributed by atoms with van der Waals surface area (Å²) in [4.78, 5) is 9.09. The first-order chi connectivity index (χ1) is 17.0. The quantitative estimate of drug-likeness (QED) is 0.455. The van der Waals surface area contributed by atoms with Crippen molar-refractivity contribution < 1.29 is 8.78 Å². The number of anilines is 1. The molecule has 2 aromatic carbocycles. The van der Waals surface area contributed by atoms with Gasteiger partial charge in [0.05, 0.1) is 23.0 Å². The highest BCUT2D eigenvalue weighted by Gasteiger charge is 2.29. The third-order valence-electron chi connectivity index (χ3n) is 7.47. The SMILES string of the molecule is CNC1CCc2c1cc(F)c(-c1cc3c(-c4ccc(N5CCN(C)CC5)cc4)n[nH]c3cn1)c2F. The highest BCUT2D eigenvalue weighted by atomic mass is 19.1. The number of benzene rings is 2. The van der Waals surface area contributed by atoms with E-state index in [-0.39, 0.29) is 17.3 Å². The molecular weight excluding hydrogens is 446 g/mol. The summed E-state index contributed by atoms with van der Waals surface area (Å²) in [5, 5.41) is 11.4. The van der Waals surface area contributed by atoms with E-state index in [0.29, 0.717) is 17.5 Å². The fraction of sp³-hybridized carbons (Fsp3) is 0.333. The Morgan fingerprint density at radius 1 is 1.06 bits per heavy atom. The van der Waals surface area contributed by atoms with Gasteiger partial charge in [0.1, 0.15) is 17.3 Å². The lowest BCUT2D eigenvalue weighted by molar-refractivity contribution is 0.313. The molecule has 2 aromatic heterocycles. The van der Waals surface area contributed by atoms with E-state index < -0.39 is 11.6 Å². The van der Waals surface area contributed by atoms with Gasteiger partial charge in [-0.15, -0.1) is 0 Å². The van der Waals surface area contributed by atoms with Crippen molar-refractivity contribution in [3.05, 3.63) is 65.4 Å². The number of fused-ring (bicyclic) bond motifs is 2. The van der Waals surface area contributed by atoms with Crippen molar-refractivity contribution in [2.24, 2.45) is 0 Å². The Bertz CT molecular complexity index is 1390. The molecule has 1 atom stereocenters. The Hall–Kier alpha value is -3.36. The Morgan fingerprint density at radius 3 is 2.57 bits per heavy atom. The fourth-order valence-corrected chi connectivity index (χ4v) is 5.39. The van der Waals surface area contributed by atoms with Crippen LogP contribution in [0.1, 0.15) is 23.6 Å². The summed E-state index contributed by atoms with van der Waals surface area (Å²) in [7, 11) is 3.96. The first-order valence-electron chi connectivity index (χ1n) is 12.1. The summed E-state index contributed by atoms with van der Waals surface area (Å²) in [6, 6.07) is 11.5. The van der Waals surface area contributed by atoms with Gasteiger partial charge in [-0.25, -0.2) is 8.78 Å². The predicted molar refractivity (Wildman–Crippen MR) is 135 cm³/mol. The van der Waals surface area contributed by atoms with Crippen LogP contribution in [-0.4, -0.2) is 60.4 Å². The second-order valence-electron chi connectivity index (χ2n) is 9.52. The van der Waals surface area contributed by atoms with Gasteiger partial charge in [-0.05, 0) is 62.3 Å². The van der Waals surface area contributed by atoms with Gasteiger partial charge in [0.2, 0.25) is 0 Å². The molecule has 3 heterocycles. The summed E-state index contributed by atoms with van der Waals surface area (Å²) in [5.74, 6) is -1.09. The van der Waals surface area contributed by atoms with Crippen LogP contribution < -0.4 is 10.2 Å². The van der Waals surface area contributed by atoms with Gasteiger partial charge < -0.3 is 15.1 Å². The molecule has 8 heteroatoms. The van der Waals surface area contributed by atoms with E-state index in [9.17, 15) is 0 Å². The number of aromatic nitrogens is 3. The van der Waals surface area contributed by atoms with Gasteiger partial charge >= 0.3 is 0 Å². The van der Waals surface area contributed by atoms with Crippen molar-refractivity contribution in [1.29, 1.82) is 0 Å². The van der Waals surface area contributed by atoms with Crippen molar-refractivity contribution in [2.45, 2.75) is 18.9 Å². The molecule has 2 aliphatic rings. The van der Waals surface area contributed by atoms with Crippen LogP contribution in [0.25, 0.3) is 33.4 Å². The van der Waals surface area contributed by atoms with E-state index in [2.05, 4.69) is 61.6 Å². The third kappa shape index (κ3) is 3.77. The number of nitrogens with one attached hydrogen (secondary N) is 2. The number of likely N-dealkylation sites (N-methyl/N-ethyl adjacent to an activating group) is 1. The first-order valence-corrected chi connectivity index (χ1v) is 12.1. The lowest BCUT2D eigenvalue weighted by Gasteiger charge is -2.34. The van der Waals surface area contributed by atoms with Crippen LogP contribution in [0.5, 0.6) is 0 Å². The monoisotopic (exact) mass is 474 g/mol. The number of nitrogens with zero attached hydrogens (tertiary/aromatic N) is 4. The number of rotatable bonds is 4. The number of pyridine rings is 1. The topological polar surface area (TPSA) is 60.1 Å². The molecule has 0 saturated carbocycles. The van der Waals surface area contributed by atoms with Crippen LogP contribution in [0.2, 0.25) is 0 Å². The summed E-state index contributed by atoms with van der Waals surface area (Å²) in [6.07, 6.45) is 2.94. The maximum atomic E-state index is 15.5. The summed E-state index contributed by atoms with van der Waals surface area (Å²) < 4.78 is 30.6. The molecule has 35 heavy (non-hydrogen) atoms.